The van der Waals surface area contributed by atoms with Gasteiger partial charge in [0, 0.05) is 32.7 Å². The predicted molar refractivity (Wildman–Crippen MR) is 109 cm³/mol. The van der Waals surface area contributed by atoms with Crippen LogP contribution in [0.3, 0.4) is 0 Å². The molecule has 4 N–H and O–H groups in total. The van der Waals surface area contributed by atoms with Crippen molar-refractivity contribution in [3.8, 4) is 11.5 Å². The van der Waals surface area contributed by atoms with E-state index in [4.69, 9.17) is 15.2 Å². The summed E-state index contributed by atoms with van der Waals surface area (Å²) in [5, 5.41) is 3.79. The zero-order chi connectivity index (χ0) is 19.9. The Labute approximate surface area is 164 Å². The van der Waals surface area contributed by atoms with E-state index in [1.807, 2.05) is 43.5 Å². The Morgan fingerprint density at radius 1 is 1.29 bits per heavy atom. The number of amides is 1. The zero-order valence-corrected chi connectivity index (χ0v) is 16.2. The van der Waals surface area contributed by atoms with Gasteiger partial charge in [-0.15, -0.1) is 0 Å². The van der Waals surface area contributed by atoms with Gasteiger partial charge in [0.1, 0.15) is 17.1 Å². The lowest BCUT2D eigenvalue weighted by Crippen LogP contribution is -2.42. The number of aromatic nitrogens is 2. The van der Waals surface area contributed by atoms with Crippen molar-refractivity contribution in [1.82, 2.24) is 15.3 Å². The molecule has 0 aliphatic rings. The molecular weight excluding hydrogens is 356 g/mol. The Hall–Kier alpha value is -2.90. The number of carbonyl (C=O) groups is 1. The molecule has 0 bridgehead atoms. The van der Waals surface area contributed by atoms with E-state index in [0.29, 0.717) is 19.6 Å². The molecule has 1 aromatic carbocycles. The second kappa shape index (κ2) is 9.34. The fraction of sp³-hybridized carbons (Fsp3) is 0.333. The van der Waals surface area contributed by atoms with Crippen LogP contribution in [0, 0.1) is 6.92 Å². The number of nitrogens with one attached hydrogen (secondary N) is 2. The maximum absolute atomic E-state index is 12.0. The van der Waals surface area contributed by atoms with Crippen LogP contribution in [0.15, 0.2) is 42.7 Å². The minimum atomic E-state index is -0.586. The zero-order valence-electron chi connectivity index (χ0n) is 16.2. The number of aromatic amines is 1. The Morgan fingerprint density at radius 3 is 2.82 bits per heavy atom. The highest BCUT2D eigenvalue weighted by Crippen LogP contribution is 2.30. The van der Waals surface area contributed by atoms with E-state index in [-0.39, 0.29) is 5.91 Å². The number of nitrogens with zero attached hydrogens (tertiary/aromatic N) is 1. The summed E-state index contributed by atoms with van der Waals surface area (Å²) in [6.07, 6.45) is 4.86. The van der Waals surface area contributed by atoms with Gasteiger partial charge in [-0.1, -0.05) is 12.1 Å². The molecule has 0 unspecified atom stereocenters. The van der Waals surface area contributed by atoms with E-state index >= 15 is 0 Å². The topological polar surface area (TPSA) is 102 Å². The molecule has 2 aromatic heterocycles. The van der Waals surface area contributed by atoms with Crippen LogP contribution in [0.5, 0.6) is 11.5 Å². The molecule has 0 fully saturated rings. The predicted octanol–water partition coefficient (Wildman–Crippen LogP) is 2.69. The number of aryl methyl sites for hydroxylation is 1. The fourth-order valence-corrected chi connectivity index (χ4v) is 2.99. The number of methoxy groups -OCH3 is 1. The van der Waals surface area contributed by atoms with Crippen molar-refractivity contribution in [3.05, 3.63) is 53.9 Å². The largest absolute Gasteiger partial charge is 0.457 e. The van der Waals surface area contributed by atoms with Crippen molar-refractivity contribution in [1.29, 1.82) is 0 Å². The van der Waals surface area contributed by atoms with Gasteiger partial charge in [-0.3, -0.25) is 4.79 Å². The first-order chi connectivity index (χ1) is 13.6. The van der Waals surface area contributed by atoms with Crippen LogP contribution in [0.2, 0.25) is 0 Å². The van der Waals surface area contributed by atoms with Gasteiger partial charge in [-0.2, -0.15) is 0 Å². The first-order valence-corrected chi connectivity index (χ1v) is 9.30. The van der Waals surface area contributed by atoms with Gasteiger partial charge in [0.2, 0.25) is 5.91 Å². The summed E-state index contributed by atoms with van der Waals surface area (Å²) in [5.41, 5.74) is 8.86. The summed E-state index contributed by atoms with van der Waals surface area (Å²) < 4.78 is 11.0. The quantitative estimate of drug-likeness (QED) is 0.494. The van der Waals surface area contributed by atoms with Crippen LogP contribution < -0.4 is 15.8 Å². The van der Waals surface area contributed by atoms with Gasteiger partial charge < -0.3 is 25.5 Å². The SMILES string of the molecule is COCCCNC(=O)[C@@H](N)Cc1ccc(Oc2ccnc3[nH]cc(C)c23)cc1. The molecular formula is C21H26N4O3. The molecule has 0 radical (unpaired) electrons. The van der Waals surface area contributed by atoms with Gasteiger partial charge in [-0.05, 0) is 49.1 Å². The van der Waals surface area contributed by atoms with Crippen LogP contribution in [0.25, 0.3) is 11.0 Å². The van der Waals surface area contributed by atoms with Crippen molar-refractivity contribution >= 4 is 16.9 Å². The highest BCUT2D eigenvalue weighted by molar-refractivity contribution is 5.86. The average molecular weight is 382 g/mol. The van der Waals surface area contributed by atoms with Crippen LogP contribution in [-0.2, 0) is 16.0 Å². The van der Waals surface area contributed by atoms with Gasteiger partial charge >= 0.3 is 0 Å². The molecule has 1 amide bonds. The number of H-pyrrole nitrogens is 1. The third-order valence-corrected chi connectivity index (χ3v) is 4.50. The second-order valence-electron chi connectivity index (χ2n) is 6.70. The Kier molecular flexibility index (Phi) is 6.62. The Morgan fingerprint density at radius 2 is 2.07 bits per heavy atom. The molecule has 0 saturated carbocycles. The van der Waals surface area contributed by atoms with Crippen molar-refractivity contribution < 1.29 is 14.3 Å². The number of nitrogens with two attached hydrogens (primary N) is 1. The third kappa shape index (κ3) is 4.88. The maximum atomic E-state index is 12.0. The van der Waals surface area contributed by atoms with E-state index in [9.17, 15) is 4.79 Å². The second-order valence-corrected chi connectivity index (χ2v) is 6.70. The summed E-state index contributed by atoms with van der Waals surface area (Å²) in [6.45, 7) is 3.19. The van der Waals surface area contributed by atoms with Gasteiger partial charge in [0.15, 0.2) is 0 Å². The molecule has 28 heavy (non-hydrogen) atoms. The Bertz CT molecular complexity index is 921. The van der Waals surface area contributed by atoms with E-state index in [2.05, 4.69) is 15.3 Å². The number of benzene rings is 1. The summed E-state index contributed by atoms with van der Waals surface area (Å²) >= 11 is 0. The maximum Gasteiger partial charge on any atom is 0.237 e. The minimum Gasteiger partial charge on any atom is -0.457 e. The highest BCUT2D eigenvalue weighted by Gasteiger charge is 2.14. The van der Waals surface area contributed by atoms with Gasteiger partial charge in [0.05, 0.1) is 11.4 Å². The number of hydrogen-bond donors (Lipinski definition) is 3. The van der Waals surface area contributed by atoms with E-state index < -0.39 is 6.04 Å². The van der Waals surface area contributed by atoms with Crippen molar-refractivity contribution in [2.45, 2.75) is 25.8 Å². The number of hydrogen-bond acceptors (Lipinski definition) is 5. The van der Waals surface area contributed by atoms with Crippen LogP contribution in [0.4, 0.5) is 0 Å². The van der Waals surface area contributed by atoms with E-state index in [0.717, 1.165) is 40.1 Å². The first kappa shape index (κ1) is 19.9. The molecule has 0 saturated heterocycles. The lowest BCUT2D eigenvalue weighted by atomic mass is 10.1. The molecule has 148 valence electrons. The smallest absolute Gasteiger partial charge is 0.237 e. The summed E-state index contributed by atoms with van der Waals surface area (Å²) in [6, 6.07) is 8.88. The molecule has 2 heterocycles. The lowest BCUT2D eigenvalue weighted by Gasteiger charge is -2.13. The van der Waals surface area contributed by atoms with Crippen LogP contribution in [0.1, 0.15) is 17.5 Å². The third-order valence-electron chi connectivity index (χ3n) is 4.50. The normalized spacial score (nSPS) is 12.1. The molecule has 3 rings (SSSR count). The first-order valence-electron chi connectivity index (χ1n) is 9.30. The monoisotopic (exact) mass is 382 g/mol. The molecule has 7 heteroatoms. The molecule has 3 aromatic rings. The summed E-state index contributed by atoms with van der Waals surface area (Å²) in [7, 11) is 1.64. The van der Waals surface area contributed by atoms with Crippen LogP contribution in [-0.4, -0.2) is 42.2 Å². The molecule has 1 atom stereocenters. The standard InChI is InChI=1S/C21H26N4O3/c1-14-13-25-20-19(14)18(8-10-23-20)28-16-6-4-15(5-7-16)12-17(22)21(26)24-9-3-11-27-2/h4-8,10,13,17H,3,9,11-12,22H2,1-2H3,(H,23,25)(H,24,26)/t17-/m0/s1. The van der Waals surface area contributed by atoms with Crippen molar-refractivity contribution in [2.75, 3.05) is 20.3 Å². The Balaban J connectivity index is 1.59. The average Bonchev–Trinajstić information content (AvgIpc) is 3.08. The van der Waals surface area contributed by atoms with E-state index in [1.54, 1.807) is 13.3 Å². The number of carbonyl (C=O) groups excluding carboxylic acids is 1. The fourth-order valence-electron chi connectivity index (χ4n) is 2.99. The van der Waals surface area contributed by atoms with E-state index in [1.165, 1.54) is 0 Å². The number of pyridine rings is 1. The summed E-state index contributed by atoms with van der Waals surface area (Å²) in [4.78, 5) is 19.5. The summed E-state index contributed by atoms with van der Waals surface area (Å²) in [5.74, 6) is 1.32. The van der Waals surface area contributed by atoms with Crippen molar-refractivity contribution in [2.24, 2.45) is 5.73 Å². The molecule has 0 aliphatic heterocycles. The molecule has 0 aliphatic carbocycles. The molecule has 7 nitrogen and oxygen atoms in total. The lowest BCUT2D eigenvalue weighted by molar-refractivity contribution is -0.122. The highest BCUT2D eigenvalue weighted by atomic mass is 16.5. The van der Waals surface area contributed by atoms with Crippen LogP contribution >= 0.6 is 0 Å². The van der Waals surface area contributed by atoms with Gasteiger partial charge in [0.25, 0.3) is 0 Å². The van der Waals surface area contributed by atoms with Crippen molar-refractivity contribution in [3.63, 3.8) is 0 Å². The molecule has 0 spiro atoms. The number of rotatable bonds is 9. The minimum absolute atomic E-state index is 0.154. The van der Waals surface area contributed by atoms with Gasteiger partial charge in [-0.25, -0.2) is 4.98 Å². The number of ether oxygens (including phenoxy) is 2. The number of fused-ring (bicyclic) bond motifs is 1.